The monoisotopic (exact) mass is 367 g/mol. The van der Waals surface area contributed by atoms with Gasteiger partial charge in [0.05, 0.1) is 18.1 Å². The Morgan fingerprint density at radius 1 is 1.08 bits per heavy atom. The van der Waals surface area contributed by atoms with Crippen LogP contribution in [0.3, 0.4) is 0 Å². The van der Waals surface area contributed by atoms with Gasteiger partial charge in [0.15, 0.2) is 11.5 Å². The van der Waals surface area contributed by atoms with E-state index in [1.165, 1.54) is 12.1 Å². The molecule has 0 fully saturated rings. The highest BCUT2D eigenvalue weighted by Gasteiger charge is 2.22. The highest BCUT2D eigenvalue weighted by atomic mass is 35.5. The zero-order chi connectivity index (χ0) is 17.2. The Balaban J connectivity index is 1.85. The highest BCUT2D eigenvalue weighted by Crippen LogP contribution is 2.32. The minimum Gasteiger partial charge on any atom is -0.490 e. The van der Waals surface area contributed by atoms with Crippen LogP contribution >= 0.6 is 11.6 Å². The molecule has 2 aromatic rings. The zero-order valence-electron chi connectivity index (χ0n) is 13.2. The van der Waals surface area contributed by atoms with Crippen molar-refractivity contribution in [3.63, 3.8) is 0 Å². The van der Waals surface area contributed by atoms with Crippen molar-refractivity contribution in [1.82, 2.24) is 4.72 Å². The van der Waals surface area contributed by atoms with Gasteiger partial charge in [-0.25, -0.2) is 13.1 Å². The van der Waals surface area contributed by atoms with Gasteiger partial charge in [0.1, 0.15) is 0 Å². The molecule has 1 N–H and O–H groups in total. The van der Waals surface area contributed by atoms with Gasteiger partial charge < -0.3 is 9.47 Å². The van der Waals surface area contributed by atoms with Gasteiger partial charge in [-0.15, -0.1) is 0 Å². The third-order valence-electron chi connectivity index (χ3n) is 3.73. The standard InChI is InChI=1S/C17H18ClNO4S/c1-12(14-5-2-3-6-15(14)18)19-24(20,21)13-7-8-16-17(11-13)23-10-4-9-22-16/h2-3,5-8,11-12,19H,4,9-10H2,1H3. The van der Waals surface area contributed by atoms with E-state index in [-0.39, 0.29) is 4.90 Å². The summed E-state index contributed by atoms with van der Waals surface area (Å²) >= 11 is 6.14. The SMILES string of the molecule is CC(NS(=O)(=O)c1ccc2c(c1)OCCCO2)c1ccccc1Cl. The van der Waals surface area contributed by atoms with Crippen molar-refractivity contribution in [3.05, 3.63) is 53.1 Å². The van der Waals surface area contributed by atoms with Crippen LogP contribution in [0.25, 0.3) is 0 Å². The summed E-state index contributed by atoms with van der Waals surface area (Å²) in [6, 6.07) is 11.3. The molecule has 1 heterocycles. The Morgan fingerprint density at radius 2 is 1.79 bits per heavy atom. The second-order valence-electron chi connectivity index (χ2n) is 5.52. The van der Waals surface area contributed by atoms with Crippen LogP contribution in [0.1, 0.15) is 24.9 Å². The Kier molecular flexibility index (Phi) is 4.99. The fourth-order valence-electron chi connectivity index (χ4n) is 2.50. The molecule has 0 spiro atoms. The van der Waals surface area contributed by atoms with Crippen LogP contribution in [0.5, 0.6) is 11.5 Å². The average molecular weight is 368 g/mol. The first-order chi connectivity index (χ1) is 11.5. The largest absolute Gasteiger partial charge is 0.490 e. The first-order valence-electron chi connectivity index (χ1n) is 7.64. The van der Waals surface area contributed by atoms with Gasteiger partial charge >= 0.3 is 0 Å². The molecule has 1 atom stereocenters. The van der Waals surface area contributed by atoms with Crippen molar-refractivity contribution >= 4 is 21.6 Å². The summed E-state index contributed by atoms with van der Waals surface area (Å²) in [5.41, 5.74) is 0.720. The van der Waals surface area contributed by atoms with E-state index in [0.717, 1.165) is 12.0 Å². The lowest BCUT2D eigenvalue weighted by Gasteiger charge is -2.16. The molecule has 24 heavy (non-hydrogen) atoms. The van der Waals surface area contributed by atoms with Crippen LogP contribution < -0.4 is 14.2 Å². The molecule has 0 bridgehead atoms. The number of sulfonamides is 1. The van der Waals surface area contributed by atoms with E-state index in [9.17, 15) is 8.42 Å². The molecule has 0 amide bonds. The van der Waals surface area contributed by atoms with Crippen LogP contribution in [0, 0.1) is 0 Å². The van der Waals surface area contributed by atoms with Gasteiger partial charge in [-0.2, -0.15) is 0 Å². The molecule has 2 aromatic carbocycles. The maximum atomic E-state index is 12.6. The maximum Gasteiger partial charge on any atom is 0.241 e. The van der Waals surface area contributed by atoms with E-state index in [1.807, 2.05) is 6.07 Å². The van der Waals surface area contributed by atoms with Crippen LogP contribution in [0.4, 0.5) is 0 Å². The van der Waals surface area contributed by atoms with Gasteiger partial charge in [0.2, 0.25) is 10.0 Å². The normalized spacial score (nSPS) is 15.6. The Bertz CT molecular complexity index is 838. The highest BCUT2D eigenvalue weighted by molar-refractivity contribution is 7.89. The molecule has 1 aliphatic rings. The number of hydrogen-bond acceptors (Lipinski definition) is 4. The molecule has 7 heteroatoms. The molecular formula is C17H18ClNO4S. The van der Waals surface area contributed by atoms with Crippen molar-refractivity contribution < 1.29 is 17.9 Å². The maximum absolute atomic E-state index is 12.6. The van der Waals surface area contributed by atoms with Gasteiger partial charge in [-0.05, 0) is 30.7 Å². The zero-order valence-corrected chi connectivity index (χ0v) is 14.7. The van der Waals surface area contributed by atoms with Crippen molar-refractivity contribution in [1.29, 1.82) is 0 Å². The molecule has 0 aromatic heterocycles. The van der Waals surface area contributed by atoms with Crippen LogP contribution in [-0.4, -0.2) is 21.6 Å². The topological polar surface area (TPSA) is 64.6 Å². The Morgan fingerprint density at radius 3 is 2.54 bits per heavy atom. The number of benzene rings is 2. The fraction of sp³-hybridized carbons (Fsp3) is 0.294. The summed E-state index contributed by atoms with van der Waals surface area (Å²) < 4.78 is 39.0. The Labute approximate surface area is 146 Å². The molecule has 0 saturated heterocycles. The molecule has 128 valence electrons. The molecule has 0 aliphatic carbocycles. The van der Waals surface area contributed by atoms with Gasteiger partial charge in [0.25, 0.3) is 0 Å². The summed E-state index contributed by atoms with van der Waals surface area (Å²) in [6.45, 7) is 2.81. The lowest BCUT2D eigenvalue weighted by molar-refractivity contribution is 0.297. The third kappa shape index (κ3) is 3.66. The fourth-order valence-corrected chi connectivity index (χ4v) is 4.04. The van der Waals surface area contributed by atoms with E-state index in [0.29, 0.717) is 29.7 Å². The van der Waals surface area contributed by atoms with Crippen molar-refractivity contribution in [2.75, 3.05) is 13.2 Å². The van der Waals surface area contributed by atoms with Crippen molar-refractivity contribution in [2.45, 2.75) is 24.3 Å². The summed E-state index contributed by atoms with van der Waals surface area (Å²) in [6.07, 6.45) is 0.762. The summed E-state index contributed by atoms with van der Waals surface area (Å²) in [4.78, 5) is 0.130. The second-order valence-corrected chi connectivity index (χ2v) is 7.64. The molecule has 5 nitrogen and oxygen atoms in total. The lowest BCUT2D eigenvalue weighted by atomic mass is 10.1. The van der Waals surface area contributed by atoms with E-state index in [2.05, 4.69) is 4.72 Å². The van der Waals surface area contributed by atoms with Crippen molar-refractivity contribution in [2.24, 2.45) is 0 Å². The minimum atomic E-state index is -3.71. The molecule has 1 aliphatic heterocycles. The predicted octanol–water partition coefficient (Wildman–Crippen LogP) is 3.54. The quantitative estimate of drug-likeness (QED) is 0.897. The summed E-state index contributed by atoms with van der Waals surface area (Å²) in [5.74, 6) is 1.01. The van der Waals surface area contributed by atoms with Crippen LogP contribution in [-0.2, 0) is 10.0 Å². The first kappa shape index (κ1) is 17.1. The van der Waals surface area contributed by atoms with E-state index >= 15 is 0 Å². The smallest absolute Gasteiger partial charge is 0.241 e. The molecule has 3 rings (SSSR count). The van der Waals surface area contributed by atoms with Crippen molar-refractivity contribution in [3.8, 4) is 11.5 Å². The minimum absolute atomic E-state index is 0.130. The summed E-state index contributed by atoms with van der Waals surface area (Å²) in [7, 11) is -3.71. The molecule has 1 unspecified atom stereocenters. The number of rotatable bonds is 4. The van der Waals surface area contributed by atoms with E-state index < -0.39 is 16.1 Å². The van der Waals surface area contributed by atoms with Crippen LogP contribution in [0.15, 0.2) is 47.4 Å². The average Bonchev–Trinajstić information content (AvgIpc) is 2.79. The number of nitrogens with one attached hydrogen (secondary N) is 1. The number of ether oxygens (including phenoxy) is 2. The van der Waals surface area contributed by atoms with Gasteiger partial charge in [-0.1, -0.05) is 29.8 Å². The van der Waals surface area contributed by atoms with Crippen LogP contribution in [0.2, 0.25) is 5.02 Å². The van der Waals surface area contributed by atoms with Gasteiger partial charge in [-0.3, -0.25) is 0 Å². The lowest BCUT2D eigenvalue weighted by Crippen LogP contribution is -2.27. The molecule has 0 saturated carbocycles. The number of hydrogen-bond donors (Lipinski definition) is 1. The predicted molar refractivity (Wildman–Crippen MR) is 92.2 cm³/mol. The van der Waals surface area contributed by atoms with E-state index in [1.54, 1.807) is 31.2 Å². The summed E-state index contributed by atoms with van der Waals surface area (Å²) in [5, 5.41) is 0.520. The molecular weight excluding hydrogens is 350 g/mol. The Hall–Kier alpha value is -1.76. The van der Waals surface area contributed by atoms with Gasteiger partial charge in [0, 0.05) is 23.6 Å². The first-order valence-corrected chi connectivity index (χ1v) is 9.50. The number of halogens is 1. The second kappa shape index (κ2) is 7.01. The third-order valence-corrected chi connectivity index (χ3v) is 5.62. The van der Waals surface area contributed by atoms with E-state index in [4.69, 9.17) is 21.1 Å². The number of fused-ring (bicyclic) bond motifs is 1. The molecule has 0 radical (unpaired) electrons.